The van der Waals surface area contributed by atoms with Gasteiger partial charge < -0.3 is 40.9 Å². The van der Waals surface area contributed by atoms with Gasteiger partial charge in [-0.2, -0.15) is 0 Å². The summed E-state index contributed by atoms with van der Waals surface area (Å²) in [6.07, 6.45) is 27.8. The van der Waals surface area contributed by atoms with Gasteiger partial charge in [-0.05, 0) is 244 Å². The molecule has 0 spiro atoms. The predicted octanol–water partition coefficient (Wildman–Crippen LogP) is 19.0. The standard InChI is InChI=1S/4C18H10N2S.4C7H8O2/c4*1(15-7-11-19-12-8-15)3-17-5-6-18(21-17)4-2-16-9-13-20-14-10-16;4*1-5-2-6(8)4-7(9)3-5/h4*5-14H;4*2-4,8-9H,1H3. The van der Waals surface area contributed by atoms with Crippen LogP contribution in [-0.4, -0.2) is 80.7 Å². The first-order chi connectivity index (χ1) is 58.3. The fourth-order valence-electron chi connectivity index (χ4n) is 9.41. The molecule has 20 heteroatoms. The number of hydrogen-bond donors (Lipinski definition) is 8. The first kappa shape index (κ1) is 87.7. The number of nitrogens with zero attached hydrogens (tertiary/aromatic N) is 8. The molecule has 0 fully saturated rings. The van der Waals surface area contributed by atoms with Crippen molar-refractivity contribution in [1.29, 1.82) is 0 Å². The molecular weight excluding hydrogens is 1570 g/mol. The third-order valence-corrected chi connectivity index (χ3v) is 18.4. The molecule has 0 saturated carbocycles. The van der Waals surface area contributed by atoms with Gasteiger partial charge in [0.15, 0.2) is 0 Å². The van der Waals surface area contributed by atoms with Crippen molar-refractivity contribution >= 4 is 45.3 Å². The summed E-state index contributed by atoms with van der Waals surface area (Å²) in [7, 11) is 0. The van der Waals surface area contributed by atoms with Gasteiger partial charge in [-0.3, -0.25) is 39.9 Å². The second kappa shape index (κ2) is 48.7. The smallest absolute Gasteiger partial charge is 0.119 e. The van der Waals surface area contributed by atoms with Gasteiger partial charge in [0.2, 0.25) is 0 Å². The Balaban J connectivity index is 0.000000160. The normalized spacial score (nSPS) is 9.23. The molecule has 0 aliphatic heterocycles. The summed E-state index contributed by atoms with van der Waals surface area (Å²) in [4.78, 5) is 39.8. The van der Waals surface area contributed by atoms with Gasteiger partial charge in [-0.25, -0.2) is 0 Å². The van der Waals surface area contributed by atoms with E-state index in [1.54, 1.807) is 221 Å². The minimum Gasteiger partial charge on any atom is -0.508 e. The summed E-state index contributed by atoms with van der Waals surface area (Å²) in [6, 6.07) is 64.1. The van der Waals surface area contributed by atoms with Crippen LogP contribution >= 0.6 is 45.3 Å². The van der Waals surface area contributed by atoms with E-state index >= 15 is 0 Å². The molecule has 12 heterocycles. The molecule has 0 bridgehead atoms. The molecule has 16 aromatic rings. The maximum Gasteiger partial charge on any atom is 0.119 e. The number of rotatable bonds is 0. The van der Waals surface area contributed by atoms with Gasteiger partial charge in [-0.15, -0.1) is 45.3 Å². The zero-order chi connectivity index (χ0) is 84.7. The number of phenolic OH excluding ortho intramolecular Hbond substituents is 8. The van der Waals surface area contributed by atoms with Crippen molar-refractivity contribution in [2.75, 3.05) is 0 Å². The van der Waals surface area contributed by atoms with Crippen molar-refractivity contribution in [1.82, 2.24) is 39.9 Å². The van der Waals surface area contributed by atoms with Crippen LogP contribution in [-0.2, 0) is 0 Å². The molecule has 16 rings (SSSR count). The lowest BCUT2D eigenvalue weighted by molar-refractivity contribution is 0.448. The lowest BCUT2D eigenvalue weighted by Gasteiger charge is -1.95. The van der Waals surface area contributed by atoms with Crippen LogP contribution in [0.15, 0.2) is 318 Å². The third-order valence-electron chi connectivity index (χ3n) is 14.7. The van der Waals surface area contributed by atoms with E-state index in [1.807, 2.05) is 146 Å². The van der Waals surface area contributed by atoms with Crippen molar-refractivity contribution in [2.45, 2.75) is 27.7 Å². The van der Waals surface area contributed by atoms with Crippen molar-refractivity contribution in [2.24, 2.45) is 0 Å². The highest BCUT2D eigenvalue weighted by Crippen LogP contribution is 2.24. The highest BCUT2D eigenvalue weighted by Gasteiger charge is 2.01. The van der Waals surface area contributed by atoms with Crippen molar-refractivity contribution in [3.05, 3.63) is 423 Å². The van der Waals surface area contributed by atoms with Crippen LogP contribution in [0.3, 0.4) is 0 Å². The summed E-state index contributed by atoms with van der Waals surface area (Å²) in [5.74, 6) is 50.9. The van der Waals surface area contributed by atoms with E-state index in [0.717, 1.165) is 106 Å². The van der Waals surface area contributed by atoms with Gasteiger partial charge in [0.1, 0.15) is 46.0 Å². The van der Waals surface area contributed by atoms with Crippen LogP contribution in [0.25, 0.3) is 0 Å². The minimum absolute atomic E-state index is 0.104. The van der Waals surface area contributed by atoms with E-state index < -0.39 is 0 Å². The summed E-state index contributed by atoms with van der Waals surface area (Å²) in [5, 5.41) is 70.7. The fraction of sp³-hybridized carbons (Fsp3) is 0.0400. The molecule has 584 valence electrons. The topological polar surface area (TPSA) is 265 Å². The van der Waals surface area contributed by atoms with Gasteiger partial charge >= 0.3 is 0 Å². The van der Waals surface area contributed by atoms with Crippen molar-refractivity contribution in [3.63, 3.8) is 0 Å². The molecule has 0 aliphatic carbocycles. The number of phenols is 8. The monoisotopic (exact) mass is 1640 g/mol. The van der Waals surface area contributed by atoms with E-state index in [-0.39, 0.29) is 46.0 Å². The molecule has 0 unspecified atom stereocenters. The van der Waals surface area contributed by atoms with Gasteiger partial charge in [0, 0.05) is 168 Å². The molecule has 0 saturated heterocycles. The Morgan fingerprint density at radius 3 is 0.367 bits per heavy atom. The second-order valence-corrected chi connectivity index (χ2v) is 29.0. The van der Waals surface area contributed by atoms with E-state index in [9.17, 15) is 0 Å². The first-order valence-electron chi connectivity index (χ1n) is 36.1. The highest BCUT2D eigenvalue weighted by atomic mass is 32.1. The largest absolute Gasteiger partial charge is 0.508 e. The van der Waals surface area contributed by atoms with Gasteiger partial charge in [0.05, 0.1) is 39.0 Å². The number of aromatic hydroxyl groups is 8. The Hall–Kier alpha value is -16.2. The number of benzene rings is 4. The number of hydrogen-bond acceptors (Lipinski definition) is 20. The Bertz CT molecular complexity index is 5220. The van der Waals surface area contributed by atoms with E-state index in [0.29, 0.717) is 0 Å². The molecule has 0 radical (unpaired) electrons. The Labute approximate surface area is 712 Å². The number of pyridine rings is 8. The predicted molar refractivity (Wildman–Crippen MR) is 477 cm³/mol. The summed E-state index contributed by atoms with van der Waals surface area (Å²) in [5.41, 5.74) is 11.1. The maximum absolute atomic E-state index is 8.83. The lowest BCUT2D eigenvalue weighted by Crippen LogP contribution is -1.74. The molecule has 0 amide bonds. The van der Waals surface area contributed by atoms with Crippen LogP contribution in [0, 0.1) is 122 Å². The minimum atomic E-state index is 0.104. The molecular formula is C100H72N8O8S4. The second-order valence-electron chi connectivity index (χ2n) is 24.6. The average molecular weight is 1640 g/mol. The maximum atomic E-state index is 8.83. The average Bonchev–Trinajstić information content (AvgIpc) is 1.77. The SMILES string of the molecule is C(#Cc1ccc(C#Cc2ccncc2)s1)c1ccncc1.C(#Cc1ccc(C#Cc2ccncc2)s1)c1ccncc1.C(#Cc1ccc(C#Cc2ccncc2)s1)c1ccncc1.C(#Cc1ccc(C#Cc2ccncc2)s1)c1ccncc1.Cc1cc(O)cc(O)c1.Cc1cc(O)cc(O)c1.Cc1cc(O)cc(O)c1.Cc1cc(O)cc(O)c1. The zero-order valence-corrected chi connectivity index (χ0v) is 68.1. The van der Waals surface area contributed by atoms with Crippen LogP contribution in [0.2, 0.25) is 0 Å². The molecule has 12 aromatic heterocycles. The Morgan fingerprint density at radius 2 is 0.267 bits per heavy atom. The summed E-state index contributed by atoms with van der Waals surface area (Å²) in [6.45, 7) is 7.22. The summed E-state index contributed by atoms with van der Waals surface area (Å²) < 4.78 is 0. The van der Waals surface area contributed by atoms with Crippen molar-refractivity contribution < 1.29 is 40.9 Å². The third kappa shape index (κ3) is 35.0. The van der Waals surface area contributed by atoms with Crippen LogP contribution < -0.4 is 0 Å². The highest BCUT2D eigenvalue weighted by molar-refractivity contribution is 7.14. The first-order valence-corrected chi connectivity index (χ1v) is 39.3. The Kier molecular flexibility index (Phi) is 35.6. The molecule has 8 N–H and O–H groups in total. The quantitative estimate of drug-likeness (QED) is 0.0656. The van der Waals surface area contributed by atoms with Crippen LogP contribution in [0.5, 0.6) is 46.0 Å². The number of aryl methyl sites for hydroxylation is 4. The van der Waals surface area contributed by atoms with Crippen molar-refractivity contribution in [3.8, 4) is 141 Å². The number of thiophene rings is 4. The van der Waals surface area contributed by atoms with E-state index in [4.69, 9.17) is 40.9 Å². The molecule has 120 heavy (non-hydrogen) atoms. The van der Waals surface area contributed by atoms with Gasteiger partial charge in [-0.1, -0.05) is 94.7 Å². The molecule has 16 nitrogen and oxygen atoms in total. The fourth-order valence-corrected chi connectivity index (χ4v) is 12.3. The Morgan fingerprint density at radius 1 is 0.158 bits per heavy atom. The van der Waals surface area contributed by atoms with E-state index in [1.165, 1.54) is 24.3 Å². The molecule has 0 aliphatic rings. The lowest BCUT2D eigenvalue weighted by atomic mass is 10.2. The molecule has 4 aromatic carbocycles. The van der Waals surface area contributed by atoms with E-state index in [2.05, 4.69) is 135 Å². The van der Waals surface area contributed by atoms with Gasteiger partial charge in [0.25, 0.3) is 0 Å². The zero-order valence-electron chi connectivity index (χ0n) is 64.8. The molecule has 0 atom stereocenters. The summed E-state index contributed by atoms with van der Waals surface area (Å²) >= 11 is 6.37. The van der Waals surface area contributed by atoms with Crippen LogP contribution in [0.1, 0.15) is 106 Å². The number of aromatic nitrogens is 8. The van der Waals surface area contributed by atoms with Crippen LogP contribution in [0.4, 0.5) is 0 Å².